The highest BCUT2D eigenvalue weighted by atomic mass is 32.1. The van der Waals surface area contributed by atoms with Crippen LogP contribution >= 0.6 is 11.3 Å². The molecule has 1 aromatic carbocycles. The predicted molar refractivity (Wildman–Crippen MR) is 87.9 cm³/mol. The molecule has 118 valence electrons. The number of rotatable bonds is 5. The Bertz CT molecular complexity index is 808. The summed E-state index contributed by atoms with van der Waals surface area (Å²) in [7, 11) is 0. The van der Waals surface area contributed by atoms with Crippen molar-refractivity contribution < 1.29 is 14.1 Å². The highest BCUT2D eigenvalue weighted by molar-refractivity contribution is 7.14. The maximum atomic E-state index is 12.0. The zero-order valence-electron chi connectivity index (χ0n) is 12.7. The van der Waals surface area contributed by atoms with Crippen molar-refractivity contribution >= 4 is 22.4 Å². The van der Waals surface area contributed by atoms with E-state index in [0.29, 0.717) is 17.5 Å². The summed E-state index contributed by atoms with van der Waals surface area (Å²) in [5.41, 5.74) is 1.99. The molecule has 0 bridgehead atoms. The molecule has 2 heterocycles. The van der Waals surface area contributed by atoms with E-state index in [4.69, 9.17) is 9.26 Å². The first-order valence-electron chi connectivity index (χ1n) is 7.09. The molecule has 0 spiro atoms. The Morgan fingerprint density at radius 2 is 2.13 bits per heavy atom. The molecule has 3 aromatic rings. The minimum absolute atomic E-state index is 0.236. The highest BCUT2D eigenvalue weighted by Crippen LogP contribution is 2.26. The number of carbonyl (C=O) groups excluding carboxylic acids is 1. The number of aryl methyl sites for hydroxylation is 1. The molecule has 0 unspecified atom stereocenters. The van der Waals surface area contributed by atoms with Gasteiger partial charge in [0.2, 0.25) is 0 Å². The molecule has 0 radical (unpaired) electrons. The van der Waals surface area contributed by atoms with Gasteiger partial charge in [-0.15, -0.1) is 11.3 Å². The smallest absolute Gasteiger partial charge is 0.279 e. The van der Waals surface area contributed by atoms with E-state index < -0.39 is 0 Å². The summed E-state index contributed by atoms with van der Waals surface area (Å²) < 4.78 is 10.3. The maximum Gasteiger partial charge on any atom is 0.279 e. The average Bonchev–Trinajstić information content (AvgIpc) is 3.18. The number of benzene rings is 1. The van der Waals surface area contributed by atoms with Gasteiger partial charge in [-0.2, -0.15) is 0 Å². The minimum atomic E-state index is -0.338. The zero-order chi connectivity index (χ0) is 16.2. The Morgan fingerprint density at radius 1 is 1.35 bits per heavy atom. The molecular formula is C16H15N3O3S. The first-order chi connectivity index (χ1) is 11.2. The van der Waals surface area contributed by atoms with Crippen LogP contribution in [0, 0.1) is 6.92 Å². The molecule has 0 atom stereocenters. The van der Waals surface area contributed by atoms with E-state index in [0.717, 1.165) is 17.0 Å². The van der Waals surface area contributed by atoms with Crippen LogP contribution in [-0.4, -0.2) is 22.7 Å². The summed E-state index contributed by atoms with van der Waals surface area (Å²) in [6, 6.07) is 9.25. The second-order valence-corrected chi connectivity index (χ2v) is 5.63. The molecule has 0 aliphatic carbocycles. The van der Waals surface area contributed by atoms with E-state index in [1.807, 2.05) is 36.6 Å². The number of amides is 1. The lowest BCUT2D eigenvalue weighted by atomic mass is 10.2. The standard InChI is InChI=1S/C16H15N3O3S/c1-3-21-12-6-4-11(5-7-12)14-9-23-16(17-14)18-15(20)13-8-10(2)22-19-13/h4-9H,3H2,1-2H3,(H,17,18,20). The Hall–Kier alpha value is -2.67. The van der Waals surface area contributed by atoms with Gasteiger partial charge in [0.05, 0.1) is 12.3 Å². The summed E-state index contributed by atoms with van der Waals surface area (Å²) in [5, 5.41) is 8.80. The van der Waals surface area contributed by atoms with Crippen LogP contribution in [0.2, 0.25) is 0 Å². The molecule has 23 heavy (non-hydrogen) atoms. The van der Waals surface area contributed by atoms with Gasteiger partial charge in [-0.1, -0.05) is 5.16 Å². The van der Waals surface area contributed by atoms with Crippen LogP contribution < -0.4 is 10.1 Å². The fourth-order valence-electron chi connectivity index (χ4n) is 1.99. The molecule has 0 fully saturated rings. The number of nitrogens with one attached hydrogen (secondary N) is 1. The number of hydrogen-bond donors (Lipinski definition) is 1. The monoisotopic (exact) mass is 329 g/mol. The van der Waals surface area contributed by atoms with E-state index in [1.54, 1.807) is 13.0 Å². The predicted octanol–water partition coefficient (Wildman–Crippen LogP) is 3.76. The van der Waals surface area contributed by atoms with Crippen molar-refractivity contribution in [2.45, 2.75) is 13.8 Å². The molecule has 0 aliphatic heterocycles. The van der Waals surface area contributed by atoms with E-state index in [2.05, 4.69) is 15.5 Å². The molecular weight excluding hydrogens is 314 g/mol. The van der Waals surface area contributed by atoms with Gasteiger partial charge in [0.25, 0.3) is 5.91 Å². The summed E-state index contributed by atoms with van der Waals surface area (Å²) in [6.07, 6.45) is 0. The number of nitrogens with zero attached hydrogens (tertiary/aromatic N) is 2. The summed E-state index contributed by atoms with van der Waals surface area (Å²) in [5.74, 6) is 1.07. The van der Waals surface area contributed by atoms with Crippen LogP contribution in [0.25, 0.3) is 11.3 Å². The number of carbonyl (C=O) groups is 1. The molecule has 0 saturated heterocycles. The maximum absolute atomic E-state index is 12.0. The van der Waals surface area contributed by atoms with Crippen LogP contribution in [-0.2, 0) is 0 Å². The van der Waals surface area contributed by atoms with Crippen molar-refractivity contribution in [3.05, 3.63) is 47.2 Å². The van der Waals surface area contributed by atoms with Gasteiger partial charge in [-0.25, -0.2) is 4.98 Å². The third-order valence-corrected chi connectivity index (χ3v) is 3.80. The molecule has 0 aliphatic rings. The van der Waals surface area contributed by atoms with Crippen LogP contribution in [0.4, 0.5) is 5.13 Å². The average molecular weight is 329 g/mol. The second-order valence-electron chi connectivity index (χ2n) is 4.77. The topological polar surface area (TPSA) is 77.2 Å². The Kier molecular flexibility index (Phi) is 4.38. The number of anilines is 1. The van der Waals surface area contributed by atoms with Crippen LogP contribution in [0.1, 0.15) is 23.2 Å². The second kappa shape index (κ2) is 6.62. The minimum Gasteiger partial charge on any atom is -0.494 e. The van der Waals surface area contributed by atoms with E-state index >= 15 is 0 Å². The molecule has 1 amide bonds. The molecule has 1 N–H and O–H groups in total. The van der Waals surface area contributed by atoms with Gasteiger partial charge >= 0.3 is 0 Å². The fourth-order valence-corrected chi connectivity index (χ4v) is 2.70. The Balaban J connectivity index is 1.71. The lowest BCUT2D eigenvalue weighted by Crippen LogP contribution is -2.11. The number of ether oxygens (including phenoxy) is 1. The number of hydrogen-bond acceptors (Lipinski definition) is 6. The third kappa shape index (κ3) is 3.57. The van der Waals surface area contributed by atoms with Crippen molar-refractivity contribution in [1.82, 2.24) is 10.1 Å². The first-order valence-corrected chi connectivity index (χ1v) is 7.97. The fraction of sp³-hybridized carbons (Fsp3) is 0.188. The van der Waals surface area contributed by atoms with Crippen LogP contribution in [0.5, 0.6) is 5.75 Å². The van der Waals surface area contributed by atoms with Gasteiger partial charge in [0.15, 0.2) is 10.8 Å². The highest BCUT2D eigenvalue weighted by Gasteiger charge is 2.13. The van der Waals surface area contributed by atoms with E-state index in [-0.39, 0.29) is 11.6 Å². The molecule has 0 saturated carbocycles. The lowest BCUT2D eigenvalue weighted by molar-refractivity contribution is 0.101. The van der Waals surface area contributed by atoms with Crippen molar-refractivity contribution in [3.8, 4) is 17.0 Å². The van der Waals surface area contributed by atoms with Gasteiger partial charge < -0.3 is 9.26 Å². The zero-order valence-corrected chi connectivity index (χ0v) is 13.5. The molecule has 6 nitrogen and oxygen atoms in total. The Morgan fingerprint density at radius 3 is 2.78 bits per heavy atom. The number of thiazole rings is 1. The SMILES string of the molecule is CCOc1ccc(-c2csc(NC(=O)c3cc(C)on3)n2)cc1. The molecule has 2 aromatic heterocycles. The quantitative estimate of drug-likeness (QED) is 0.771. The third-order valence-electron chi connectivity index (χ3n) is 3.05. The van der Waals surface area contributed by atoms with Crippen molar-refractivity contribution in [2.75, 3.05) is 11.9 Å². The summed E-state index contributed by atoms with van der Waals surface area (Å²) >= 11 is 1.36. The van der Waals surface area contributed by atoms with Gasteiger partial charge in [-0.3, -0.25) is 10.1 Å². The summed E-state index contributed by atoms with van der Waals surface area (Å²) in [4.78, 5) is 16.4. The Labute approximate surface area is 137 Å². The lowest BCUT2D eigenvalue weighted by Gasteiger charge is -2.03. The van der Waals surface area contributed by atoms with E-state index in [1.165, 1.54) is 11.3 Å². The normalized spacial score (nSPS) is 10.5. The largest absolute Gasteiger partial charge is 0.494 e. The van der Waals surface area contributed by atoms with E-state index in [9.17, 15) is 4.79 Å². The summed E-state index contributed by atoms with van der Waals surface area (Å²) in [6.45, 7) is 4.31. The van der Waals surface area contributed by atoms with Crippen LogP contribution in [0.3, 0.4) is 0 Å². The number of aromatic nitrogens is 2. The first kappa shape index (κ1) is 15.2. The molecule has 3 rings (SSSR count). The van der Waals surface area contributed by atoms with Crippen molar-refractivity contribution in [1.29, 1.82) is 0 Å². The van der Waals surface area contributed by atoms with Crippen molar-refractivity contribution in [3.63, 3.8) is 0 Å². The molecule has 7 heteroatoms. The van der Waals surface area contributed by atoms with Crippen LogP contribution in [0.15, 0.2) is 40.2 Å². The van der Waals surface area contributed by atoms with Gasteiger partial charge in [-0.05, 0) is 38.1 Å². The van der Waals surface area contributed by atoms with Crippen molar-refractivity contribution in [2.24, 2.45) is 0 Å². The van der Waals surface area contributed by atoms with Gasteiger partial charge in [0.1, 0.15) is 11.5 Å². The van der Waals surface area contributed by atoms with Gasteiger partial charge in [0, 0.05) is 17.0 Å².